The van der Waals surface area contributed by atoms with Gasteiger partial charge in [-0.25, -0.2) is 0 Å². The molecule has 3 atom stereocenters. The van der Waals surface area contributed by atoms with Gasteiger partial charge in [0.25, 0.3) is 0 Å². The number of rotatable bonds is 2. The highest BCUT2D eigenvalue weighted by Crippen LogP contribution is 2.30. The molecule has 1 saturated heterocycles. The van der Waals surface area contributed by atoms with E-state index < -0.39 is 0 Å². The van der Waals surface area contributed by atoms with Crippen molar-refractivity contribution in [2.75, 3.05) is 13.2 Å². The molecule has 0 spiro atoms. The first kappa shape index (κ1) is 10.0. The van der Waals surface area contributed by atoms with Gasteiger partial charge in [0.2, 0.25) is 0 Å². The summed E-state index contributed by atoms with van der Waals surface area (Å²) in [6, 6.07) is 0. The third-order valence-electron chi connectivity index (χ3n) is 3.13. The van der Waals surface area contributed by atoms with Crippen LogP contribution in [-0.4, -0.2) is 13.2 Å². The summed E-state index contributed by atoms with van der Waals surface area (Å²) >= 11 is 0. The largest absolute Gasteiger partial charge is 0.381 e. The van der Waals surface area contributed by atoms with Crippen LogP contribution in [0, 0.1) is 23.7 Å². The minimum atomic E-state index is 0.752. The van der Waals surface area contributed by atoms with Crippen LogP contribution in [0.25, 0.3) is 0 Å². The molecule has 1 aliphatic heterocycles. The van der Waals surface area contributed by atoms with Crippen LogP contribution in [0.2, 0.25) is 0 Å². The molecule has 1 nitrogen and oxygen atoms in total. The highest BCUT2D eigenvalue weighted by atomic mass is 16.5. The zero-order chi connectivity index (χ0) is 9.14. The lowest BCUT2D eigenvalue weighted by molar-refractivity contribution is -0.0230. The minimum absolute atomic E-state index is 0.752. The predicted octanol–water partition coefficient (Wildman–Crippen LogP) is 2.95. The van der Waals surface area contributed by atoms with Gasteiger partial charge < -0.3 is 4.74 Å². The van der Waals surface area contributed by atoms with Crippen LogP contribution in [0.15, 0.2) is 0 Å². The summed E-state index contributed by atoms with van der Waals surface area (Å²) in [5.74, 6) is 3.21. The molecule has 1 fully saturated rings. The summed E-state index contributed by atoms with van der Waals surface area (Å²) in [6.07, 6.45) is 1.32. The van der Waals surface area contributed by atoms with Gasteiger partial charge in [0.05, 0.1) is 0 Å². The standard InChI is InChI=1S/C11H22O/c1-8(2)5-11-7-12-6-9(3)10(11)4/h8-11H,5-7H2,1-4H3. The summed E-state index contributed by atoms with van der Waals surface area (Å²) < 4.78 is 5.57. The van der Waals surface area contributed by atoms with Gasteiger partial charge in [-0.2, -0.15) is 0 Å². The third kappa shape index (κ3) is 2.48. The monoisotopic (exact) mass is 170 g/mol. The highest BCUT2D eigenvalue weighted by molar-refractivity contribution is 4.75. The van der Waals surface area contributed by atoms with Crippen molar-refractivity contribution in [3.63, 3.8) is 0 Å². The summed E-state index contributed by atoms with van der Waals surface area (Å²) in [5, 5.41) is 0. The van der Waals surface area contributed by atoms with E-state index in [2.05, 4.69) is 27.7 Å². The van der Waals surface area contributed by atoms with Gasteiger partial charge in [-0.3, -0.25) is 0 Å². The fraction of sp³-hybridized carbons (Fsp3) is 1.00. The Morgan fingerprint density at radius 2 is 1.92 bits per heavy atom. The molecule has 0 saturated carbocycles. The van der Waals surface area contributed by atoms with E-state index in [0.29, 0.717) is 0 Å². The second-order valence-corrected chi connectivity index (χ2v) is 4.76. The molecular formula is C11H22O. The van der Waals surface area contributed by atoms with Crippen molar-refractivity contribution in [2.24, 2.45) is 23.7 Å². The number of hydrogen-bond acceptors (Lipinski definition) is 1. The smallest absolute Gasteiger partial charge is 0.0497 e. The van der Waals surface area contributed by atoms with Crippen LogP contribution in [0.5, 0.6) is 0 Å². The fourth-order valence-corrected chi connectivity index (χ4v) is 2.06. The van der Waals surface area contributed by atoms with Gasteiger partial charge in [0.15, 0.2) is 0 Å². The molecule has 1 heteroatoms. The van der Waals surface area contributed by atoms with Crippen molar-refractivity contribution in [1.29, 1.82) is 0 Å². The maximum atomic E-state index is 5.57. The maximum absolute atomic E-state index is 5.57. The van der Waals surface area contributed by atoms with E-state index in [1.54, 1.807) is 0 Å². The third-order valence-corrected chi connectivity index (χ3v) is 3.13. The van der Waals surface area contributed by atoms with Crippen LogP contribution in [0.4, 0.5) is 0 Å². The first-order valence-electron chi connectivity index (χ1n) is 5.19. The van der Waals surface area contributed by atoms with Crippen molar-refractivity contribution in [3.8, 4) is 0 Å². The lowest BCUT2D eigenvalue weighted by Gasteiger charge is -2.35. The van der Waals surface area contributed by atoms with E-state index in [9.17, 15) is 0 Å². The first-order chi connectivity index (χ1) is 5.61. The average molecular weight is 170 g/mol. The van der Waals surface area contributed by atoms with Gasteiger partial charge in [0.1, 0.15) is 0 Å². The Kier molecular flexibility index (Phi) is 3.57. The van der Waals surface area contributed by atoms with Crippen molar-refractivity contribution in [3.05, 3.63) is 0 Å². The van der Waals surface area contributed by atoms with E-state index in [1.807, 2.05) is 0 Å². The van der Waals surface area contributed by atoms with Crippen molar-refractivity contribution in [1.82, 2.24) is 0 Å². The highest BCUT2D eigenvalue weighted by Gasteiger charge is 2.27. The van der Waals surface area contributed by atoms with E-state index in [1.165, 1.54) is 6.42 Å². The molecule has 1 heterocycles. The fourth-order valence-electron chi connectivity index (χ4n) is 2.06. The van der Waals surface area contributed by atoms with Crippen molar-refractivity contribution >= 4 is 0 Å². The SMILES string of the molecule is CC(C)CC1COCC(C)C1C. The minimum Gasteiger partial charge on any atom is -0.381 e. The summed E-state index contributed by atoms with van der Waals surface area (Å²) in [4.78, 5) is 0. The van der Waals surface area contributed by atoms with Gasteiger partial charge in [-0.1, -0.05) is 27.7 Å². The zero-order valence-electron chi connectivity index (χ0n) is 8.84. The molecule has 0 bridgehead atoms. The van der Waals surface area contributed by atoms with Crippen LogP contribution in [0.1, 0.15) is 34.1 Å². The van der Waals surface area contributed by atoms with E-state index >= 15 is 0 Å². The topological polar surface area (TPSA) is 9.23 Å². The first-order valence-corrected chi connectivity index (χ1v) is 5.19. The lowest BCUT2D eigenvalue weighted by Crippen LogP contribution is -2.33. The second kappa shape index (κ2) is 4.27. The Labute approximate surface area is 76.5 Å². The van der Waals surface area contributed by atoms with Crippen molar-refractivity contribution < 1.29 is 4.74 Å². The van der Waals surface area contributed by atoms with Gasteiger partial charge in [-0.05, 0) is 30.1 Å². The molecule has 12 heavy (non-hydrogen) atoms. The Balaban J connectivity index is 2.41. The normalized spacial score (nSPS) is 37.2. The van der Waals surface area contributed by atoms with Gasteiger partial charge in [0, 0.05) is 13.2 Å². The number of ether oxygens (including phenoxy) is 1. The molecule has 1 aliphatic rings. The van der Waals surface area contributed by atoms with Crippen LogP contribution < -0.4 is 0 Å². The molecule has 0 amide bonds. The van der Waals surface area contributed by atoms with Crippen LogP contribution in [-0.2, 0) is 4.74 Å². The van der Waals surface area contributed by atoms with Gasteiger partial charge >= 0.3 is 0 Å². The second-order valence-electron chi connectivity index (χ2n) is 4.76. The molecule has 0 aliphatic carbocycles. The molecular weight excluding hydrogens is 148 g/mol. The molecule has 1 rings (SSSR count). The lowest BCUT2D eigenvalue weighted by atomic mass is 9.79. The molecule has 3 unspecified atom stereocenters. The molecule has 0 N–H and O–H groups in total. The Hall–Kier alpha value is -0.0400. The summed E-state index contributed by atoms with van der Waals surface area (Å²) in [7, 11) is 0. The van der Waals surface area contributed by atoms with E-state index in [-0.39, 0.29) is 0 Å². The maximum Gasteiger partial charge on any atom is 0.0497 e. The predicted molar refractivity (Wildman–Crippen MR) is 52.1 cm³/mol. The Bertz CT molecular complexity index is 131. The number of hydrogen-bond donors (Lipinski definition) is 0. The summed E-state index contributed by atoms with van der Waals surface area (Å²) in [5.41, 5.74) is 0. The quantitative estimate of drug-likeness (QED) is 0.619. The van der Waals surface area contributed by atoms with E-state index in [0.717, 1.165) is 36.9 Å². The summed E-state index contributed by atoms with van der Waals surface area (Å²) in [6.45, 7) is 11.2. The van der Waals surface area contributed by atoms with E-state index in [4.69, 9.17) is 4.74 Å². The molecule has 0 aromatic carbocycles. The zero-order valence-corrected chi connectivity index (χ0v) is 8.84. The molecule has 0 radical (unpaired) electrons. The van der Waals surface area contributed by atoms with Crippen LogP contribution >= 0.6 is 0 Å². The van der Waals surface area contributed by atoms with Crippen LogP contribution in [0.3, 0.4) is 0 Å². The van der Waals surface area contributed by atoms with Gasteiger partial charge in [-0.15, -0.1) is 0 Å². The Morgan fingerprint density at radius 1 is 1.25 bits per heavy atom. The Morgan fingerprint density at radius 3 is 2.50 bits per heavy atom. The molecule has 0 aromatic rings. The average Bonchev–Trinajstić information content (AvgIpc) is 1.98. The van der Waals surface area contributed by atoms with Crippen molar-refractivity contribution in [2.45, 2.75) is 34.1 Å². The molecule has 0 aromatic heterocycles. The molecule has 72 valence electrons.